The molecule has 0 heterocycles. The van der Waals surface area contributed by atoms with Gasteiger partial charge in [0.25, 0.3) is 0 Å². The average Bonchev–Trinajstić information content (AvgIpc) is 2.29. The number of Topliss-reactive ketones (excluding diaryl/α,β-unsaturated/α-hetero) is 1. The van der Waals surface area contributed by atoms with Crippen LogP contribution in [-0.2, 0) is 9.53 Å². The summed E-state index contributed by atoms with van der Waals surface area (Å²) in [7, 11) is 0. The minimum Gasteiger partial charge on any atom is -0.364 e. The number of hydrogen-bond donors (Lipinski definition) is 0. The van der Waals surface area contributed by atoms with Gasteiger partial charge in [-0.25, -0.2) is 0 Å². The molecule has 1 unspecified atom stereocenters. The van der Waals surface area contributed by atoms with E-state index in [2.05, 4.69) is 13.8 Å². The lowest BCUT2D eigenvalue weighted by molar-refractivity contribution is -0.161. The molecule has 0 aliphatic heterocycles. The highest BCUT2D eigenvalue weighted by atomic mass is 16.5. The Hall–Kier alpha value is -0.370. The van der Waals surface area contributed by atoms with E-state index in [1.54, 1.807) is 0 Å². The molecule has 0 radical (unpaired) electrons. The van der Waals surface area contributed by atoms with Gasteiger partial charge in [0.1, 0.15) is 5.60 Å². The first-order valence-corrected chi connectivity index (χ1v) is 6.74. The fourth-order valence-corrected chi connectivity index (χ4v) is 2.54. The number of hydrogen-bond acceptors (Lipinski definition) is 2. The van der Waals surface area contributed by atoms with E-state index in [-0.39, 0.29) is 12.0 Å². The second-order valence-electron chi connectivity index (χ2n) is 5.41. The first-order valence-electron chi connectivity index (χ1n) is 6.74. The van der Waals surface area contributed by atoms with Crippen LogP contribution in [-0.4, -0.2) is 17.5 Å². The van der Waals surface area contributed by atoms with Gasteiger partial charge in [-0.2, -0.15) is 0 Å². The van der Waals surface area contributed by atoms with E-state index in [4.69, 9.17) is 4.74 Å². The SMILES string of the molecule is CCC(C)OC1(C(=O)C(C)C)CCCCC1. The quantitative estimate of drug-likeness (QED) is 0.714. The Morgan fingerprint density at radius 2 is 1.75 bits per heavy atom. The molecular weight excluding hydrogens is 200 g/mol. The molecule has 0 bridgehead atoms. The molecule has 0 N–H and O–H groups in total. The zero-order valence-electron chi connectivity index (χ0n) is 11.2. The fourth-order valence-electron chi connectivity index (χ4n) is 2.54. The molecule has 1 fully saturated rings. The van der Waals surface area contributed by atoms with Gasteiger partial charge < -0.3 is 4.74 Å². The molecular formula is C14H26O2. The van der Waals surface area contributed by atoms with Gasteiger partial charge in [0.05, 0.1) is 6.10 Å². The maximum atomic E-state index is 12.3. The van der Waals surface area contributed by atoms with Gasteiger partial charge in [0, 0.05) is 5.92 Å². The zero-order chi connectivity index (χ0) is 12.2. The van der Waals surface area contributed by atoms with Crippen molar-refractivity contribution in [1.82, 2.24) is 0 Å². The van der Waals surface area contributed by atoms with Gasteiger partial charge in [-0.15, -0.1) is 0 Å². The molecule has 16 heavy (non-hydrogen) atoms. The molecule has 0 amide bonds. The summed E-state index contributed by atoms with van der Waals surface area (Å²) >= 11 is 0. The van der Waals surface area contributed by atoms with Crippen LogP contribution >= 0.6 is 0 Å². The van der Waals surface area contributed by atoms with Gasteiger partial charge in [0.2, 0.25) is 0 Å². The molecule has 1 saturated carbocycles. The highest BCUT2D eigenvalue weighted by Gasteiger charge is 2.42. The van der Waals surface area contributed by atoms with E-state index in [1.807, 2.05) is 13.8 Å². The molecule has 94 valence electrons. The summed E-state index contributed by atoms with van der Waals surface area (Å²) in [5.74, 6) is 0.398. The Bertz CT molecular complexity index is 227. The van der Waals surface area contributed by atoms with Crippen molar-refractivity contribution in [3.05, 3.63) is 0 Å². The molecule has 0 aromatic rings. The predicted octanol–water partition coefficient (Wildman–Crippen LogP) is 3.73. The van der Waals surface area contributed by atoms with Crippen LogP contribution in [0.4, 0.5) is 0 Å². The largest absolute Gasteiger partial charge is 0.364 e. The van der Waals surface area contributed by atoms with Crippen LogP contribution in [0.3, 0.4) is 0 Å². The van der Waals surface area contributed by atoms with E-state index in [0.717, 1.165) is 32.1 Å². The van der Waals surface area contributed by atoms with Crippen molar-refractivity contribution in [2.75, 3.05) is 0 Å². The van der Waals surface area contributed by atoms with Gasteiger partial charge >= 0.3 is 0 Å². The zero-order valence-corrected chi connectivity index (χ0v) is 11.2. The Kier molecular flexibility index (Phi) is 4.97. The smallest absolute Gasteiger partial charge is 0.167 e. The number of ether oxygens (including phenoxy) is 1. The maximum absolute atomic E-state index is 12.3. The molecule has 2 heteroatoms. The lowest BCUT2D eigenvalue weighted by Crippen LogP contribution is -2.47. The summed E-state index contributed by atoms with van der Waals surface area (Å²) in [6.07, 6.45) is 6.54. The van der Waals surface area contributed by atoms with E-state index >= 15 is 0 Å². The van der Waals surface area contributed by atoms with Crippen LogP contribution in [0.15, 0.2) is 0 Å². The van der Waals surface area contributed by atoms with Crippen LogP contribution in [0.5, 0.6) is 0 Å². The van der Waals surface area contributed by atoms with Gasteiger partial charge in [0.15, 0.2) is 5.78 Å². The first kappa shape index (κ1) is 13.7. The molecule has 1 aliphatic rings. The van der Waals surface area contributed by atoms with Crippen molar-refractivity contribution in [1.29, 1.82) is 0 Å². The van der Waals surface area contributed by atoms with Crippen LogP contribution < -0.4 is 0 Å². The summed E-state index contributed by atoms with van der Waals surface area (Å²) in [6, 6.07) is 0. The minimum absolute atomic E-state index is 0.0853. The first-order chi connectivity index (χ1) is 7.52. The summed E-state index contributed by atoms with van der Waals surface area (Å²) < 4.78 is 6.10. The highest BCUT2D eigenvalue weighted by Crippen LogP contribution is 2.35. The molecule has 0 aromatic heterocycles. The van der Waals surface area contributed by atoms with Gasteiger partial charge in [-0.05, 0) is 26.2 Å². The molecule has 1 atom stereocenters. The lowest BCUT2D eigenvalue weighted by Gasteiger charge is -2.39. The van der Waals surface area contributed by atoms with Crippen molar-refractivity contribution < 1.29 is 9.53 Å². The molecule has 2 nitrogen and oxygen atoms in total. The highest BCUT2D eigenvalue weighted by molar-refractivity contribution is 5.89. The molecule has 1 rings (SSSR count). The van der Waals surface area contributed by atoms with Crippen molar-refractivity contribution in [2.24, 2.45) is 5.92 Å². The van der Waals surface area contributed by atoms with Crippen molar-refractivity contribution >= 4 is 5.78 Å². The summed E-state index contributed by atoms with van der Waals surface area (Å²) in [4.78, 5) is 12.3. The molecule has 0 saturated heterocycles. The van der Waals surface area contributed by atoms with Crippen LogP contribution in [0.2, 0.25) is 0 Å². The number of carbonyl (C=O) groups is 1. The predicted molar refractivity (Wildman–Crippen MR) is 66.5 cm³/mol. The maximum Gasteiger partial charge on any atom is 0.167 e. The van der Waals surface area contributed by atoms with Crippen molar-refractivity contribution in [3.63, 3.8) is 0 Å². The van der Waals surface area contributed by atoms with E-state index < -0.39 is 5.60 Å². The van der Waals surface area contributed by atoms with E-state index in [0.29, 0.717) is 5.78 Å². The normalized spacial score (nSPS) is 22.1. The van der Waals surface area contributed by atoms with Crippen molar-refractivity contribution in [2.45, 2.75) is 77.9 Å². The third-order valence-corrected chi connectivity index (χ3v) is 3.64. The molecule has 0 aromatic carbocycles. The second kappa shape index (κ2) is 5.81. The third-order valence-electron chi connectivity index (χ3n) is 3.64. The summed E-state index contributed by atoms with van der Waals surface area (Å²) in [5.41, 5.74) is -0.457. The standard InChI is InChI=1S/C14H26O2/c1-5-12(4)16-14(13(15)11(2)3)9-7-6-8-10-14/h11-12H,5-10H2,1-4H3. The molecule has 1 aliphatic carbocycles. The van der Waals surface area contributed by atoms with Crippen LogP contribution in [0.1, 0.15) is 66.2 Å². The summed E-state index contributed by atoms with van der Waals surface area (Å²) in [5, 5.41) is 0. The molecule has 0 spiro atoms. The number of ketones is 1. The Labute approximate surface area is 99.8 Å². The monoisotopic (exact) mass is 226 g/mol. The van der Waals surface area contributed by atoms with Crippen molar-refractivity contribution in [3.8, 4) is 0 Å². The van der Waals surface area contributed by atoms with Crippen LogP contribution in [0, 0.1) is 5.92 Å². The minimum atomic E-state index is -0.457. The number of carbonyl (C=O) groups excluding carboxylic acids is 1. The fraction of sp³-hybridized carbons (Fsp3) is 0.929. The Morgan fingerprint density at radius 1 is 1.19 bits per heavy atom. The lowest BCUT2D eigenvalue weighted by atomic mass is 9.78. The van der Waals surface area contributed by atoms with Gasteiger partial charge in [-0.3, -0.25) is 4.79 Å². The summed E-state index contributed by atoms with van der Waals surface area (Å²) in [6.45, 7) is 8.16. The van der Waals surface area contributed by atoms with E-state index in [1.165, 1.54) is 6.42 Å². The van der Waals surface area contributed by atoms with E-state index in [9.17, 15) is 4.79 Å². The second-order valence-corrected chi connectivity index (χ2v) is 5.41. The van der Waals surface area contributed by atoms with Crippen LogP contribution in [0.25, 0.3) is 0 Å². The third kappa shape index (κ3) is 3.07. The Balaban J connectivity index is 2.78. The number of rotatable bonds is 5. The average molecular weight is 226 g/mol. The topological polar surface area (TPSA) is 26.3 Å². The Morgan fingerprint density at radius 3 is 2.19 bits per heavy atom. The van der Waals surface area contributed by atoms with Gasteiger partial charge in [-0.1, -0.05) is 40.0 Å².